The van der Waals surface area contributed by atoms with Gasteiger partial charge in [-0.1, -0.05) is 281 Å². The van der Waals surface area contributed by atoms with Gasteiger partial charge in [0.1, 0.15) is 0 Å². The zero-order valence-corrected chi connectivity index (χ0v) is 59.0. The summed E-state index contributed by atoms with van der Waals surface area (Å²) in [7, 11) is 0. The molecule has 2 aliphatic heterocycles. The van der Waals surface area contributed by atoms with Crippen molar-refractivity contribution in [1.82, 2.24) is 9.13 Å². The van der Waals surface area contributed by atoms with E-state index in [0.717, 1.165) is 47.0 Å². The SMILES string of the molecule is CC(C)(C)c1cc(-c2ccccc2)c(N2c3cc(-n4c5c(c6ccccc64)-c4ccccc4C5)ccc3C3c4ccc(-n5c6c(c7ccccc75)-c5ccccc5C6)cc4N(c4c(-c5ccccc5)cc(C(C)(C)C)cc4-c4ccccc4)c4cc(C(C)(C)C)cc2c43)c(-c2ccccc2)c1. The van der Waals surface area contributed by atoms with Gasteiger partial charge in [0, 0.05) is 91.2 Å². The topological polar surface area (TPSA) is 16.3 Å². The monoisotopic (exact) mass is 1300 g/mol. The van der Waals surface area contributed by atoms with Crippen molar-refractivity contribution in [2.75, 3.05) is 9.80 Å². The van der Waals surface area contributed by atoms with Gasteiger partial charge in [0.25, 0.3) is 0 Å². The van der Waals surface area contributed by atoms with Crippen molar-refractivity contribution >= 4 is 55.9 Å². The van der Waals surface area contributed by atoms with Crippen LogP contribution >= 0.6 is 0 Å². The molecule has 0 saturated heterocycles. The molecule has 0 bridgehead atoms. The zero-order valence-electron chi connectivity index (χ0n) is 59.0. The molecule has 0 atom stereocenters. The molecule has 0 fully saturated rings. The standard InChI is InChI=1S/C97H80N4/c1-95(2,3)66-52-77(60-30-14-10-15-31-60)93(78(53-66)61-32-16-11-17-33-61)100-83-58-69(98-81-44-28-26-42-73(81)89-71-40-24-22-38-64(71)50-85(89)98)46-48-75(83)91-76-49-47-70(99-82-45-29-27-43-74(82)90-72-41-25-23-39-65(72)51-86(90)99)59-84(76)101(88-57-68(97(7,8)9)56-87(100)92(88)91)94-79(62-34-18-12-19-35-62)54-67(96(4,5)6)55-80(94)63-36-20-13-21-37-63/h10-49,52-59,91H,50-51H2,1-9H3. The fourth-order valence-electron chi connectivity index (χ4n) is 17.4. The number of para-hydroxylation sites is 2. The van der Waals surface area contributed by atoms with Crippen LogP contribution in [0.2, 0.25) is 0 Å². The van der Waals surface area contributed by atoms with Crippen LogP contribution in [0.5, 0.6) is 0 Å². The quantitative estimate of drug-likeness (QED) is 0.151. The van der Waals surface area contributed by atoms with Crippen molar-refractivity contribution in [3.63, 3.8) is 0 Å². The molecular weight excluding hydrogens is 1220 g/mol. The summed E-state index contributed by atoms with van der Waals surface area (Å²) in [6.45, 7) is 21.4. The maximum Gasteiger partial charge on any atom is 0.0618 e. The first-order valence-corrected chi connectivity index (χ1v) is 36.1. The summed E-state index contributed by atoms with van der Waals surface area (Å²) in [6, 6.07) is 112. The van der Waals surface area contributed by atoms with Gasteiger partial charge < -0.3 is 18.9 Å². The molecule has 0 amide bonds. The average molecular weight is 1300 g/mol. The zero-order chi connectivity index (χ0) is 68.4. The third-order valence-corrected chi connectivity index (χ3v) is 22.4. The van der Waals surface area contributed by atoms with Crippen LogP contribution < -0.4 is 9.80 Å². The summed E-state index contributed by atoms with van der Waals surface area (Å²) in [4.78, 5) is 5.51. The Morgan fingerprint density at radius 3 is 0.960 bits per heavy atom. The van der Waals surface area contributed by atoms with E-state index in [1.165, 1.54) is 156 Å². The maximum atomic E-state index is 2.75. The van der Waals surface area contributed by atoms with Crippen LogP contribution in [0.25, 0.3) is 99.9 Å². The number of fused-ring (bicyclic) bond motifs is 14. The van der Waals surface area contributed by atoms with E-state index in [-0.39, 0.29) is 22.2 Å². The van der Waals surface area contributed by atoms with E-state index >= 15 is 0 Å². The van der Waals surface area contributed by atoms with Crippen molar-refractivity contribution in [2.45, 2.75) is 97.3 Å². The number of hydrogen-bond donors (Lipinski definition) is 0. The highest BCUT2D eigenvalue weighted by Crippen LogP contribution is 2.65. The van der Waals surface area contributed by atoms with E-state index in [1.54, 1.807) is 0 Å². The molecule has 0 N–H and O–H groups in total. The molecule has 0 saturated carbocycles. The average Bonchev–Trinajstić information content (AvgIpc) is 1.69. The van der Waals surface area contributed by atoms with Crippen molar-refractivity contribution in [2.24, 2.45) is 0 Å². The number of rotatable bonds is 8. The van der Waals surface area contributed by atoms with Crippen molar-refractivity contribution in [3.05, 3.63) is 347 Å². The summed E-state index contributed by atoms with van der Waals surface area (Å²) in [6.07, 6.45) is 1.69. The minimum absolute atomic E-state index is 0.183. The number of hydrogen-bond acceptors (Lipinski definition) is 2. The highest BCUT2D eigenvalue weighted by atomic mass is 15.2. The van der Waals surface area contributed by atoms with Gasteiger partial charge in [-0.15, -0.1) is 0 Å². The highest BCUT2D eigenvalue weighted by molar-refractivity contribution is 6.09. The predicted octanol–water partition coefficient (Wildman–Crippen LogP) is 26.0. The molecule has 4 heterocycles. The Morgan fingerprint density at radius 1 is 0.287 bits per heavy atom. The Kier molecular flexibility index (Phi) is 13.5. The second kappa shape index (κ2) is 22.5. The Bertz CT molecular complexity index is 5410. The lowest BCUT2D eigenvalue weighted by atomic mass is 9.73. The Balaban J connectivity index is 0.989. The Labute approximate surface area is 593 Å². The van der Waals surface area contributed by atoms with Crippen LogP contribution in [0.4, 0.5) is 34.1 Å². The molecule has 0 radical (unpaired) electrons. The predicted molar refractivity (Wildman–Crippen MR) is 425 cm³/mol. The minimum atomic E-state index is -0.316. The lowest BCUT2D eigenvalue weighted by Crippen LogP contribution is -2.31. The maximum absolute atomic E-state index is 2.75. The summed E-state index contributed by atoms with van der Waals surface area (Å²) < 4.78 is 5.21. The second-order valence-corrected chi connectivity index (χ2v) is 31.6. The largest absolute Gasteiger partial charge is 0.313 e. The molecule has 4 heteroatoms. The highest BCUT2D eigenvalue weighted by Gasteiger charge is 2.45. The number of anilines is 6. The van der Waals surface area contributed by atoms with E-state index in [4.69, 9.17) is 0 Å². The van der Waals surface area contributed by atoms with E-state index in [0.29, 0.717) is 0 Å². The van der Waals surface area contributed by atoms with E-state index in [2.05, 4.69) is 372 Å². The van der Waals surface area contributed by atoms with Crippen molar-refractivity contribution in [1.29, 1.82) is 0 Å². The fourth-order valence-corrected chi connectivity index (χ4v) is 17.4. The molecule has 101 heavy (non-hydrogen) atoms. The molecule has 4 aliphatic rings. The molecule has 0 unspecified atom stereocenters. The molecule has 4 nitrogen and oxygen atoms in total. The number of aromatic nitrogens is 2. The van der Waals surface area contributed by atoms with Gasteiger partial charge in [-0.2, -0.15) is 0 Å². The summed E-state index contributed by atoms with van der Waals surface area (Å²) in [5, 5.41) is 2.56. The first kappa shape index (κ1) is 60.7. The molecule has 2 aliphatic carbocycles. The number of benzene rings is 13. The molecule has 13 aromatic carbocycles. The van der Waals surface area contributed by atoms with Crippen LogP contribution in [-0.4, -0.2) is 9.13 Å². The van der Waals surface area contributed by atoms with Gasteiger partial charge in [-0.05, 0) is 161 Å². The van der Waals surface area contributed by atoms with E-state index < -0.39 is 0 Å². The summed E-state index contributed by atoms with van der Waals surface area (Å²) in [5.74, 6) is -0.217. The first-order chi connectivity index (χ1) is 49.0. The smallest absolute Gasteiger partial charge is 0.0618 e. The molecule has 15 aromatic rings. The van der Waals surface area contributed by atoms with Crippen LogP contribution in [0.15, 0.2) is 291 Å². The normalized spacial score (nSPS) is 13.6. The first-order valence-electron chi connectivity index (χ1n) is 36.1. The van der Waals surface area contributed by atoms with Crippen LogP contribution in [-0.2, 0) is 29.1 Å². The van der Waals surface area contributed by atoms with Crippen LogP contribution in [0.3, 0.4) is 0 Å². The van der Waals surface area contributed by atoms with Crippen LogP contribution in [0, 0.1) is 0 Å². The minimum Gasteiger partial charge on any atom is -0.313 e. The summed E-state index contributed by atoms with van der Waals surface area (Å²) in [5.41, 5.74) is 38.8. The Morgan fingerprint density at radius 2 is 0.604 bits per heavy atom. The fraction of sp³-hybridized carbons (Fsp3) is 0.155. The van der Waals surface area contributed by atoms with Crippen LogP contribution in [0.1, 0.15) is 124 Å². The van der Waals surface area contributed by atoms with Gasteiger partial charge in [-0.25, -0.2) is 0 Å². The van der Waals surface area contributed by atoms with Gasteiger partial charge in [0.15, 0.2) is 0 Å². The lowest BCUT2D eigenvalue weighted by Gasteiger charge is -2.47. The molecule has 488 valence electrons. The van der Waals surface area contributed by atoms with E-state index in [1.807, 2.05) is 0 Å². The molecule has 19 rings (SSSR count). The molecule has 2 aromatic heterocycles. The molecule has 0 spiro atoms. The summed E-state index contributed by atoms with van der Waals surface area (Å²) >= 11 is 0. The Hall–Kier alpha value is -11.5. The second-order valence-electron chi connectivity index (χ2n) is 31.6. The van der Waals surface area contributed by atoms with Gasteiger partial charge >= 0.3 is 0 Å². The third-order valence-electron chi connectivity index (χ3n) is 22.4. The lowest BCUT2D eigenvalue weighted by molar-refractivity contribution is 0.589. The van der Waals surface area contributed by atoms with Crippen molar-refractivity contribution < 1.29 is 0 Å². The third kappa shape index (κ3) is 9.48. The van der Waals surface area contributed by atoms with E-state index in [9.17, 15) is 0 Å². The van der Waals surface area contributed by atoms with Crippen molar-refractivity contribution in [3.8, 4) is 78.1 Å². The number of nitrogens with zero attached hydrogens (tertiary/aromatic N) is 4. The van der Waals surface area contributed by atoms with Gasteiger partial charge in [0.2, 0.25) is 0 Å². The van der Waals surface area contributed by atoms with Gasteiger partial charge in [0.05, 0.1) is 45.2 Å². The molecular formula is C97H80N4. The van der Waals surface area contributed by atoms with Gasteiger partial charge in [-0.3, -0.25) is 0 Å².